The summed E-state index contributed by atoms with van der Waals surface area (Å²) in [6, 6.07) is 8.65. The Bertz CT molecular complexity index is 369. The van der Waals surface area contributed by atoms with Gasteiger partial charge in [-0.05, 0) is 24.1 Å². The van der Waals surface area contributed by atoms with Gasteiger partial charge in [-0.15, -0.1) is 0 Å². The second-order valence-corrected chi connectivity index (χ2v) is 6.20. The Morgan fingerprint density at radius 1 is 1.11 bits per heavy atom. The third kappa shape index (κ3) is 4.94. The second kappa shape index (κ2) is 7.04. The molecule has 0 radical (unpaired) electrons. The highest BCUT2D eigenvalue weighted by molar-refractivity contribution is 5.24. The van der Waals surface area contributed by atoms with E-state index in [-0.39, 0.29) is 13.2 Å². The van der Waals surface area contributed by atoms with Crippen LogP contribution in [-0.4, -0.2) is 41.9 Å². The van der Waals surface area contributed by atoms with E-state index in [4.69, 9.17) is 0 Å². The molecule has 0 aliphatic heterocycles. The van der Waals surface area contributed by atoms with Crippen molar-refractivity contribution in [1.82, 2.24) is 4.90 Å². The van der Waals surface area contributed by atoms with Crippen molar-refractivity contribution in [3.63, 3.8) is 0 Å². The van der Waals surface area contributed by atoms with Crippen LogP contribution in [0.15, 0.2) is 24.3 Å². The largest absolute Gasteiger partial charge is 0.396 e. The summed E-state index contributed by atoms with van der Waals surface area (Å²) in [7, 11) is 2.01. The van der Waals surface area contributed by atoms with Gasteiger partial charge in [-0.3, -0.25) is 0 Å². The summed E-state index contributed by atoms with van der Waals surface area (Å²) in [5, 5.41) is 18.6. The van der Waals surface area contributed by atoms with E-state index in [1.807, 2.05) is 14.0 Å². The Morgan fingerprint density at radius 2 is 1.63 bits per heavy atom. The maximum atomic E-state index is 9.31. The first-order chi connectivity index (χ1) is 8.90. The number of hydrogen-bond acceptors (Lipinski definition) is 3. The average molecular weight is 265 g/mol. The number of hydrogen-bond donors (Lipinski definition) is 2. The Hall–Kier alpha value is -0.900. The van der Waals surface area contributed by atoms with Gasteiger partial charge < -0.3 is 15.1 Å². The molecule has 0 saturated carbocycles. The zero-order chi connectivity index (χ0) is 14.5. The molecule has 0 aromatic heterocycles. The first-order valence-electron chi connectivity index (χ1n) is 6.89. The van der Waals surface area contributed by atoms with Crippen LogP contribution in [0.5, 0.6) is 0 Å². The lowest BCUT2D eigenvalue weighted by Crippen LogP contribution is -2.38. The summed E-state index contributed by atoms with van der Waals surface area (Å²) < 4.78 is 0. The number of benzene rings is 1. The minimum absolute atomic E-state index is 0.000126. The third-order valence-corrected chi connectivity index (χ3v) is 3.51. The van der Waals surface area contributed by atoms with Crippen LogP contribution < -0.4 is 0 Å². The van der Waals surface area contributed by atoms with Gasteiger partial charge in [0.15, 0.2) is 0 Å². The van der Waals surface area contributed by atoms with E-state index >= 15 is 0 Å². The van der Waals surface area contributed by atoms with E-state index < -0.39 is 5.41 Å². The summed E-state index contributed by atoms with van der Waals surface area (Å²) in [6.45, 7) is 7.77. The molecule has 108 valence electrons. The number of rotatable bonds is 7. The van der Waals surface area contributed by atoms with Crippen LogP contribution in [0.25, 0.3) is 0 Å². The Kier molecular flexibility index (Phi) is 5.98. The molecule has 1 rings (SSSR count). The van der Waals surface area contributed by atoms with Gasteiger partial charge in [-0.2, -0.15) is 0 Å². The van der Waals surface area contributed by atoms with Crippen LogP contribution in [0.4, 0.5) is 0 Å². The fourth-order valence-electron chi connectivity index (χ4n) is 2.18. The van der Waals surface area contributed by atoms with Crippen molar-refractivity contribution in [3.05, 3.63) is 35.4 Å². The van der Waals surface area contributed by atoms with Crippen LogP contribution in [-0.2, 0) is 6.54 Å². The van der Waals surface area contributed by atoms with Gasteiger partial charge in [0, 0.05) is 18.5 Å². The van der Waals surface area contributed by atoms with Gasteiger partial charge in [0.05, 0.1) is 13.2 Å². The Morgan fingerprint density at radius 3 is 2.05 bits per heavy atom. The van der Waals surface area contributed by atoms with Crippen LogP contribution in [0.2, 0.25) is 0 Å². The van der Waals surface area contributed by atoms with E-state index in [1.54, 1.807) is 0 Å². The van der Waals surface area contributed by atoms with Crippen molar-refractivity contribution < 1.29 is 10.2 Å². The van der Waals surface area contributed by atoms with Crippen LogP contribution >= 0.6 is 0 Å². The van der Waals surface area contributed by atoms with E-state index in [1.165, 1.54) is 11.1 Å². The van der Waals surface area contributed by atoms with Crippen LogP contribution in [0, 0.1) is 5.41 Å². The average Bonchev–Trinajstić information content (AvgIpc) is 2.39. The highest BCUT2D eigenvalue weighted by Crippen LogP contribution is 2.18. The molecule has 0 unspecified atom stereocenters. The summed E-state index contributed by atoms with van der Waals surface area (Å²) in [4.78, 5) is 2.14. The fraction of sp³-hybridized carbons (Fsp3) is 0.625. The normalized spacial score (nSPS) is 12.4. The van der Waals surface area contributed by atoms with E-state index in [0.717, 1.165) is 6.54 Å². The van der Waals surface area contributed by atoms with Gasteiger partial charge in [0.2, 0.25) is 0 Å². The van der Waals surface area contributed by atoms with Crippen molar-refractivity contribution in [3.8, 4) is 0 Å². The van der Waals surface area contributed by atoms with Crippen LogP contribution in [0.3, 0.4) is 0 Å². The van der Waals surface area contributed by atoms with Gasteiger partial charge in [-0.1, -0.05) is 45.0 Å². The molecule has 2 N–H and O–H groups in total. The number of nitrogens with zero attached hydrogens (tertiary/aromatic N) is 1. The summed E-state index contributed by atoms with van der Waals surface area (Å²) in [5.74, 6) is 0.554. The molecule has 0 atom stereocenters. The molecule has 3 heteroatoms. The van der Waals surface area contributed by atoms with Crippen molar-refractivity contribution in [2.45, 2.75) is 33.2 Å². The molecule has 0 spiro atoms. The van der Waals surface area contributed by atoms with Crippen molar-refractivity contribution in [1.29, 1.82) is 0 Å². The molecule has 0 aliphatic carbocycles. The zero-order valence-corrected chi connectivity index (χ0v) is 12.6. The Labute approximate surface area is 116 Å². The maximum absolute atomic E-state index is 9.31. The predicted octanol–water partition coefficient (Wildman–Crippen LogP) is 2.23. The van der Waals surface area contributed by atoms with Crippen molar-refractivity contribution >= 4 is 0 Å². The summed E-state index contributed by atoms with van der Waals surface area (Å²) >= 11 is 0. The molecular weight excluding hydrogens is 238 g/mol. The van der Waals surface area contributed by atoms with E-state index in [2.05, 4.69) is 43.0 Å². The lowest BCUT2D eigenvalue weighted by Gasteiger charge is -2.30. The van der Waals surface area contributed by atoms with Gasteiger partial charge in [0.1, 0.15) is 0 Å². The lowest BCUT2D eigenvalue weighted by atomic mass is 9.92. The van der Waals surface area contributed by atoms with Gasteiger partial charge in [0.25, 0.3) is 0 Å². The molecule has 3 nitrogen and oxygen atoms in total. The van der Waals surface area contributed by atoms with Crippen molar-refractivity contribution in [2.24, 2.45) is 5.41 Å². The quantitative estimate of drug-likeness (QED) is 0.794. The Balaban J connectivity index is 2.59. The smallest absolute Gasteiger partial charge is 0.0519 e. The predicted molar refractivity (Wildman–Crippen MR) is 79.1 cm³/mol. The molecule has 0 fully saturated rings. The summed E-state index contributed by atoms with van der Waals surface area (Å²) in [5.41, 5.74) is 2.17. The van der Waals surface area contributed by atoms with E-state index in [0.29, 0.717) is 12.5 Å². The minimum atomic E-state index is -0.438. The fourth-order valence-corrected chi connectivity index (χ4v) is 2.18. The molecule has 0 saturated heterocycles. The van der Waals surface area contributed by atoms with Crippen molar-refractivity contribution in [2.75, 3.05) is 26.8 Å². The first-order valence-corrected chi connectivity index (χ1v) is 6.89. The molecule has 0 aliphatic rings. The topological polar surface area (TPSA) is 43.7 Å². The minimum Gasteiger partial charge on any atom is -0.396 e. The van der Waals surface area contributed by atoms with Gasteiger partial charge in [-0.25, -0.2) is 0 Å². The standard InChI is InChI=1S/C16H27NO2/c1-13(2)15-7-5-14(6-8-15)9-17(4)10-16(3,11-18)12-19/h5-8,13,18-19H,9-12H2,1-4H3. The van der Waals surface area contributed by atoms with Gasteiger partial charge >= 0.3 is 0 Å². The molecule has 0 heterocycles. The zero-order valence-electron chi connectivity index (χ0n) is 12.6. The monoisotopic (exact) mass is 265 g/mol. The number of aliphatic hydroxyl groups is 2. The summed E-state index contributed by atoms with van der Waals surface area (Å²) in [6.07, 6.45) is 0. The molecule has 0 bridgehead atoms. The van der Waals surface area contributed by atoms with Crippen LogP contribution in [0.1, 0.15) is 37.8 Å². The molecule has 1 aromatic carbocycles. The SMILES string of the molecule is CC(C)c1ccc(CN(C)CC(C)(CO)CO)cc1. The lowest BCUT2D eigenvalue weighted by molar-refractivity contribution is 0.0402. The highest BCUT2D eigenvalue weighted by Gasteiger charge is 2.24. The molecule has 0 amide bonds. The third-order valence-electron chi connectivity index (χ3n) is 3.51. The molecule has 1 aromatic rings. The second-order valence-electron chi connectivity index (χ2n) is 6.20. The molecular formula is C16H27NO2. The van der Waals surface area contributed by atoms with E-state index in [9.17, 15) is 10.2 Å². The molecule has 19 heavy (non-hydrogen) atoms. The number of aliphatic hydroxyl groups excluding tert-OH is 2. The first kappa shape index (κ1) is 16.2. The highest BCUT2D eigenvalue weighted by atomic mass is 16.3. The maximum Gasteiger partial charge on any atom is 0.0519 e.